The van der Waals surface area contributed by atoms with Crippen LogP contribution in [0.2, 0.25) is 5.02 Å². The highest BCUT2D eigenvalue weighted by atomic mass is 35.5. The van der Waals surface area contributed by atoms with E-state index in [1.54, 1.807) is 12.1 Å². The summed E-state index contributed by atoms with van der Waals surface area (Å²) in [5, 5.41) is -0.0553. The number of ether oxygens (including phenoxy) is 1. The maximum atomic E-state index is 11.0. The van der Waals surface area contributed by atoms with E-state index >= 15 is 0 Å². The first-order valence-electron chi connectivity index (χ1n) is 4.33. The molecule has 2 rings (SSSR count). The number of rotatable bonds is 3. The molecule has 0 amide bonds. The van der Waals surface area contributed by atoms with Gasteiger partial charge in [0.1, 0.15) is 5.75 Å². The summed E-state index contributed by atoms with van der Waals surface area (Å²) in [6, 6.07) is 4.88. The van der Waals surface area contributed by atoms with Gasteiger partial charge in [0.2, 0.25) is 0 Å². The smallest absolute Gasteiger partial charge is 0.256 e. The average Bonchev–Trinajstić information content (AvgIpc) is 2.91. The quantitative estimate of drug-likeness (QED) is 0.746. The Hall–Kier alpha value is -0.730. The molecule has 1 aliphatic rings. The van der Waals surface area contributed by atoms with Gasteiger partial charge < -0.3 is 4.74 Å². The van der Waals surface area contributed by atoms with Crippen LogP contribution in [0.1, 0.15) is 23.2 Å². The molecule has 0 bridgehead atoms. The summed E-state index contributed by atoms with van der Waals surface area (Å²) in [5.41, 5.74) is 0.339. The van der Waals surface area contributed by atoms with Gasteiger partial charge in [-0.25, -0.2) is 0 Å². The maximum absolute atomic E-state index is 11.0. The van der Waals surface area contributed by atoms with Crippen LogP contribution in [0, 0.1) is 0 Å². The Morgan fingerprint density at radius 3 is 2.71 bits per heavy atom. The highest BCUT2D eigenvalue weighted by Gasteiger charge is 2.25. The summed E-state index contributed by atoms with van der Waals surface area (Å²) < 4.78 is 5.51. The summed E-state index contributed by atoms with van der Waals surface area (Å²) in [6.45, 7) is 0. The van der Waals surface area contributed by atoms with E-state index in [9.17, 15) is 4.79 Å². The van der Waals surface area contributed by atoms with Crippen molar-refractivity contribution < 1.29 is 9.53 Å². The van der Waals surface area contributed by atoms with Crippen molar-refractivity contribution in [3.05, 3.63) is 28.8 Å². The lowest BCUT2D eigenvalue weighted by Gasteiger charge is -2.07. The van der Waals surface area contributed by atoms with Crippen molar-refractivity contribution in [2.75, 3.05) is 0 Å². The van der Waals surface area contributed by atoms with Crippen molar-refractivity contribution in [1.82, 2.24) is 0 Å². The number of benzene rings is 1. The molecule has 0 N–H and O–H groups in total. The van der Waals surface area contributed by atoms with Crippen LogP contribution in [-0.2, 0) is 0 Å². The molecule has 1 fully saturated rings. The van der Waals surface area contributed by atoms with Crippen LogP contribution in [0.25, 0.3) is 0 Å². The molecule has 1 saturated carbocycles. The highest BCUT2D eigenvalue weighted by Crippen LogP contribution is 2.31. The molecule has 0 spiro atoms. The van der Waals surface area contributed by atoms with Gasteiger partial charge in [0, 0.05) is 5.02 Å². The summed E-state index contributed by atoms with van der Waals surface area (Å²) in [6.07, 6.45) is 2.32. The van der Waals surface area contributed by atoms with Crippen LogP contribution in [-0.4, -0.2) is 11.3 Å². The predicted molar refractivity (Wildman–Crippen MR) is 55.3 cm³/mol. The molecule has 4 heteroatoms. The summed E-state index contributed by atoms with van der Waals surface area (Å²) in [5.74, 6) is 0.525. The zero-order valence-corrected chi connectivity index (χ0v) is 8.81. The molecule has 0 saturated heterocycles. The molecule has 0 unspecified atom stereocenters. The van der Waals surface area contributed by atoms with Crippen LogP contribution in [0.15, 0.2) is 18.2 Å². The Labute approximate surface area is 91.8 Å². The van der Waals surface area contributed by atoms with E-state index in [0.717, 1.165) is 12.8 Å². The number of carbonyl (C=O) groups is 1. The molecule has 2 nitrogen and oxygen atoms in total. The first-order chi connectivity index (χ1) is 6.66. The van der Waals surface area contributed by atoms with Crippen molar-refractivity contribution in [3.8, 4) is 5.75 Å². The molecular formula is C10H8Cl2O2. The lowest BCUT2D eigenvalue weighted by Crippen LogP contribution is -2.01. The van der Waals surface area contributed by atoms with E-state index < -0.39 is 5.24 Å². The fourth-order valence-corrected chi connectivity index (χ4v) is 1.44. The normalized spacial score (nSPS) is 15.3. The molecule has 0 aliphatic heterocycles. The van der Waals surface area contributed by atoms with Crippen molar-refractivity contribution >= 4 is 28.4 Å². The van der Waals surface area contributed by atoms with E-state index in [1.807, 2.05) is 0 Å². The number of carbonyl (C=O) groups excluding carboxylic acids is 1. The van der Waals surface area contributed by atoms with Gasteiger partial charge in [0.15, 0.2) is 0 Å². The van der Waals surface area contributed by atoms with Crippen molar-refractivity contribution in [2.45, 2.75) is 18.9 Å². The van der Waals surface area contributed by atoms with E-state index in [2.05, 4.69) is 0 Å². The topological polar surface area (TPSA) is 26.3 Å². The predicted octanol–water partition coefficient (Wildman–Crippen LogP) is 3.26. The third-order valence-corrected chi connectivity index (χ3v) is 2.41. The summed E-state index contributed by atoms with van der Waals surface area (Å²) >= 11 is 11.2. The van der Waals surface area contributed by atoms with Crippen molar-refractivity contribution in [3.63, 3.8) is 0 Å². The van der Waals surface area contributed by atoms with Crippen molar-refractivity contribution in [1.29, 1.82) is 0 Å². The fraction of sp³-hybridized carbons (Fsp3) is 0.300. The van der Waals surface area contributed by atoms with Crippen LogP contribution in [0.3, 0.4) is 0 Å². The van der Waals surface area contributed by atoms with Gasteiger partial charge in [-0.2, -0.15) is 0 Å². The molecule has 74 valence electrons. The van der Waals surface area contributed by atoms with Gasteiger partial charge in [-0.15, -0.1) is 0 Å². The highest BCUT2D eigenvalue weighted by molar-refractivity contribution is 6.68. The van der Waals surface area contributed by atoms with Gasteiger partial charge in [-0.1, -0.05) is 11.6 Å². The molecule has 0 atom stereocenters. The van der Waals surface area contributed by atoms with E-state index in [0.29, 0.717) is 16.3 Å². The van der Waals surface area contributed by atoms with Gasteiger partial charge in [0.25, 0.3) is 5.24 Å². The van der Waals surface area contributed by atoms with E-state index in [-0.39, 0.29) is 6.10 Å². The monoisotopic (exact) mass is 230 g/mol. The number of hydrogen-bond acceptors (Lipinski definition) is 2. The molecule has 1 aromatic carbocycles. The van der Waals surface area contributed by atoms with Crippen molar-refractivity contribution in [2.24, 2.45) is 0 Å². The van der Waals surface area contributed by atoms with Gasteiger partial charge in [-0.05, 0) is 42.6 Å². The Bertz CT molecular complexity index is 372. The minimum atomic E-state index is -0.539. The molecule has 0 heterocycles. The Morgan fingerprint density at radius 2 is 2.14 bits per heavy atom. The third-order valence-electron chi connectivity index (χ3n) is 1.97. The first-order valence-corrected chi connectivity index (χ1v) is 5.08. The molecular weight excluding hydrogens is 223 g/mol. The summed E-state index contributed by atoms with van der Waals surface area (Å²) in [7, 11) is 0. The number of halogens is 2. The molecule has 0 aromatic heterocycles. The molecule has 14 heavy (non-hydrogen) atoms. The maximum Gasteiger partial charge on any atom is 0.256 e. The largest absolute Gasteiger partial charge is 0.490 e. The van der Waals surface area contributed by atoms with Gasteiger partial charge >= 0.3 is 0 Å². The standard InChI is InChI=1S/C10H8Cl2O2/c11-6-1-4-9(14-7-2-3-7)8(5-6)10(12)13/h1,4-5,7H,2-3H2. The van der Waals surface area contributed by atoms with Gasteiger partial charge in [0.05, 0.1) is 11.7 Å². The lowest BCUT2D eigenvalue weighted by molar-refractivity contribution is 0.107. The molecule has 1 aromatic rings. The third kappa shape index (κ3) is 2.20. The number of hydrogen-bond donors (Lipinski definition) is 0. The fourth-order valence-electron chi connectivity index (χ4n) is 1.12. The first kappa shape index (κ1) is 9.81. The van der Waals surface area contributed by atoms with Crippen LogP contribution < -0.4 is 4.74 Å². The zero-order valence-electron chi connectivity index (χ0n) is 7.30. The Morgan fingerprint density at radius 1 is 1.43 bits per heavy atom. The molecule has 0 radical (unpaired) electrons. The SMILES string of the molecule is O=C(Cl)c1cc(Cl)ccc1OC1CC1. The molecule has 1 aliphatic carbocycles. The van der Waals surface area contributed by atoms with E-state index in [1.165, 1.54) is 6.07 Å². The van der Waals surface area contributed by atoms with Gasteiger partial charge in [-0.3, -0.25) is 4.79 Å². The van der Waals surface area contributed by atoms with Crippen LogP contribution in [0.5, 0.6) is 5.75 Å². The Balaban J connectivity index is 2.31. The summed E-state index contributed by atoms with van der Waals surface area (Å²) in [4.78, 5) is 11.0. The van der Waals surface area contributed by atoms with Crippen LogP contribution >= 0.6 is 23.2 Å². The minimum absolute atomic E-state index is 0.242. The van der Waals surface area contributed by atoms with Crippen LogP contribution in [0.4, 0.5) is 0 Å². The average molecular weight is 231 g/mol. The zero-order chi connectivity index (χ0) is 10.1. The second-order valence-corrected chi connectivity index (χ2v) is 4.01. The Kier molecular flexibility index (Phi) is 2.66. The lowest BCUT2D eigenvalue weighted by atomic mass is 10.2. The second-order valence-electron chi connectivity index (χ2n) is 3.23. The second kappa shape index (κ2) is 3.79. The van der Waals surface area contributed by atoms with E-state index in [4.69, 9.17) is 27.9 Å². The minimum Gasteiger partial charge on any atom is -0.490 e.